The molecule has 0 aliphatic carbocycles. The third-order valence-corrected chi connectivity index (χ3v) is 9.12. The van der Waals surface area contributed by atoms with Crippen molar-refractivity contribution < 1.29 is 9.13 Å². The fraction of sp³-hybridized carbons (Fsp3) is 0.235. The molecule has 0 saturated carbocycles. The third kappa shape index (κ3) is 4.26. The molecule has 226 valence electrons. The van der Waals surface area contributed by atoms with Crippen molar-refractivity contribution in [3.8, 4) is 28.3 Å². The lowest BCUT2D eigenvalue weighted by Crippen LogP contribution is -2.20. The topological polar surface area (TPSA) is 105 Å². The predicted octanol–water partition coefficient (Wildman–Crippen LogP) is 5.16. The molecular weight excluding hydrogens is 573 g/mol. The van der Waals surface area contributed by atoms with Crippen molar-refractivity contribution in [1.82, 2.24) is 33.2 Å². The van der Waals surface area contributed by atoms with Crippen molar-refractivity contribution in [2.75, 3.05) is 13.2 Å². The van der Waals surface area contributed by atoms with Crippen molar-refractivity contribution in [3.05, 3.63) is 99.3 Å². The number of ether oxygens (including phenoxy) is 1. The number of aromatic amines is 1. The van der Waals surface area contributed by atoms with Crippen LogP contribution >= 0.6 is 0 Å². The molecule has 0 spiro atoms. The number of H-pyrrole nitrogens is 1. The molecule has 0 amide bonds. The van der Waals surface area contributed by atoms with E-state index >= 15 is 4.39 Å². The number of pyridine rings is 1. The first-order chi connectivity index (χ1) is 21.8. The molecule has 0 radical (unpaired) electrons. The zero-order valence-electron chi connectivity index (χ0n) is 25.0. The maximum absolute atomic E-state index is 16.2. The Balaban J connectivity index is 1.40. The molecule has 0 unspecified atom stereocenters. The highest BCUT2D eigenvalue weighted by atomic mass is 19.1. The summed E-state index contributed by atoms with van der Waals surface area (Å²) >= 11 is 0. The van der Waals surface area contributed by atoms with Crippen molar-refractivity contribution >= 4 is 33.0 Å². The second-order valence-corrected chi connectivity index (χ2v) is 11.8. The first-order valence-electron chi connectivity index (χ1n) is 14.9. The Morgan fingerprint density at radius 1 is 0.933 bits per heavy atom. The second-order valence-electron chi connectivity index (χ2n) is 11.8. The van der Waals surface area contributed by atoms with Gasteiger partial charge in [0.1, 0.15) is 11.5 Å². The Hall–Kier alpha value is -5.29. The van der Waals surface area contributed by atoms with Gasteiger partial charge >= 0.3 is 5.69 Å². The van der Waals surface area contributed by atoms with Crippen LogP contribution in [0.5, 0.6) is 0 Å². The Morgan fingerprint density at radius 3 is 2.53 bits per heavy atom. The molecule has 8 rings (SSSR count). The summed E-state index contributed by atoms with van der Waals surface area (Å²) in [6, 6.07) is 16.0. The van der Waals surface area contributed by atoms with Gasteiger partial charge in [-0.3, -0.25) is 18.5 Å². The van der Waals surface area contributed by atoms with Gasteiger partial charge in [-0.2, -0.15) is 0 Å². The van der Waals surface area contributed by atoms with Gasteiger partial charge in [0.2, 0.25) is 5.56 Å². The van der Waals surface area contributed by atoms with E-state index in [1.807, 2.05) is 35.4 Å². The molecule has 1 fully saturated rings. The van der Waals surface area contributed by atoms with Crippen LogP contribution in [0.15, 0.2) is 76.7 Å². The maximum atomic E-state index is 16.2. The third-order valence-electron chi connectivity index (χ3n) is 9.12. The highest BCUT2D eigenvalue weighted by Gasteiger charge is 2.26. The summed E-state index contributed by atoms with van der Waals surface area (Å²) in [5.41, 5.74) is 6.97. The number of benzene rings is 3. The van der Waals surface area contributed by atoms with Crippen LogP contribution in [0.25, 0.3) is 61.3 Å². The van der Waals surface area contributed by atoms with Crippen LogP contribution in [-0.4, -0.2) is 46.4 Å². The van der Waals surface area contributed by atoms with Crippen molar-refractivity contribution in [3.63, 3.8) is 0 Å². The number of nitrogens with one attached hydrogen (secondary N) is 1. The molecular formula is C34H30FN7O3. The van der Waals surface area contributed by atoms with E-state index in [0.29, 0.717) is 46.7 Å². The fourth-order valence-corrected chi connectivity index (χ4v) is 6.77. The molecule has 1 aliphatic rings. The number of hydrogen-bond donors (Lipinski definition) is 1. The summed E-state index contributed by atoms with van der Waals surface area (Å²) in [6.45, 7) is 1.31. The average molecular weight is 604 g/mol. The zero-order chi connectivity index (χ0) is 31.0. The van der Waals surface area contributed by atoms with Crippen LogP contribution in [0.1, 0.15) is 24.3 Å². The molecule has 7 aromatic rings. The summed E-state index contributed by atoms with van der Waals surface area (Å²) < 4.78 is 29.0. The standard InChI is InChI=1S/C34H30FN7O3/c1-39-18-36-17-30(39)33-38-27-15-23(20-4-6-26-21(12-20)5-7-31(43)37-26)25(35)16-28(27)42(33)22-13-24(19-8-10-45-11-9-19)32-29(14-22)40(2)34(44)41(32)3/h4-7,12-19H,8-11H2,1-3H3,(H,37,43). The lowest BCUT2D eigenvalue weighted by molar-refractivity contribution is 0.0855. The fourth-order valence-electron chi connectivity index (χ4n) is 6.77. The molecule has 0 bridgehead atoms. The summed E-state index contributed by atoms with van der Waals surface area (Å²) in [4.78, 5) is 37.1. The van der Waals surface area contributed by atoms with Crippen LogP contribution < -0.4 is 11.2 Å². The van der Waals surface area contributed by atoms with Gasteiger partial charge in [-0.05, 0) is 71.7 Å². The SMILES string of the molecule is Cn1cncc1-c1nc2cc(-c3ccc4[nH]c(=O)ccc4c3)c(F)cc2n1-c1cc(C2CCOCC2)c2c(c1)n(C)c(=O)n2C. The number of halogens is 1. The molecule has 10 nitrogen and oxygen atoms in total. The van der Waals surface area contributed by atoms with E-state index in [1.165, 1.54) is 12.1 Å². The highest BCUT2D eigenvalue weighted by Crippen LogP contribution is 2.38. The number of fused-ring (bicyclic) bond motifs is 3. The van der Waals surface area contributed by atoms with Crippen molar-refractivity contribution in [2.24, 2.45) is 21.1 Å². The molecule has 11 heteroatoms. The van der Waals surface area contributed by atoms with Gasteiger partial charge in [-0.1, -0.05) is 6.07 Å². The quantitative estimate of drug-likeness (QED) is 0.299. The summed E-state index contributed by atoms with van der Waals surface area (Å²) in [5.74, 6) is 0.410. The van der Waals surface area contributed by atoms with Crippen LogP contribution in [0.4, 0.5) is 4.39 Å². The summed E-state index contributed by atoms with van der Waals surface area (Å²) in [6.07, 6.45) is 5.15. The predicted molar refractivity (Wildman–Crippen MR) is 171 cm³/mol. The maximum Gasteiger partial charge on any atom is 0.328 e. The minimum atomic E-state index is -0.401. The smallest absolute Gasteiger partial charge is 0.328 e. The van der Waals surface area contributed by atoms with Gasteiger partial charge in [0.15, 0.2) is 5.82 Å². The number of aryl methyl sites for hydroxylation is 3. The van der Waals surface area contributed by atoms with E-state index in [9.17, 15) is 9.59 Å². The molecule has 45 heavy (non-hydrogen) atoms. The van der Waals surface area contributed by atoms with E-state index in [-0.39, 0.29) is 17.2 Å². The largest absolute Gasteiger partial charge is 0.381 e. The van der Waals surface area contributed by atoms with E-state index in [1.54, 1.807) is 53.0 Å². The first kappa shape index (κ1) is 27.3. The number of aromatic nitrogens is 7. The van der Waals surface area contributed by atoms with Gasteiger partial charge in [0.05, 0.1) is 40.3 Å². The molecule has 1 N–H and O–H groups in total. The van der Waals surface area contributed by atoms with E-state index in [4.69, 9.17) is 9.72 Å². The number of rotatable bonds is 4. The Bertz CT molecular complexity index is 2420. The average Bonchev–Trinajstić information content (AvgIpc) is 3.70. The Morgan fingerprint density at radius 2 is 1.76 bits per heavy atom. The monoisotopic (exact) mass is 603 g/mol. The normalized spacial score (nSPS) is 14.3. The molecule has 1 aliphatic heterocycles. The van der Waals surface area contributed by atoms with Crippen molar-refractivity contribution in [1.29, 1.82) is 0 Å². The van der Waals surface area contributed by atoms with Gasteiger partial charge in [0, 0.05) is 57.6 Å². The summed E-state index contributed by atoms with van der Waals surface area (Å²) in [7, 11) is 5.48. The zero-order valence-corrected chi connectivity index (χ0v) is 25.0. The first-order valence-corrected chi connectivity index (χ1v) is 14.9. The highest BCUT2D eigenvalue weighted by molar-refractivity contribution is 5.91. The second kappa shape index (κ2) is 10.1. The van der Waals surface area contributed by atoms with Crippen molar-refractivity contribution in [2.45, 2.75) is 18.8 Å². The minimum absolute atomic E-state index is 0.104. The van der Waals surface area contributed by atoms with Gasteiger partial charge in [0.25, 0.3) is 0 Å². The minimum Gasteiger partial charge on any atom is -0.381 e. The van der Waals surface area contributed by atoms with E-state index in [0.717, 1.165) is 46.2 Å². The Labute approximate surface area is 256 Å². The van der Waals surface area contributed by atoms with Crippen LogP contribution in [-0.2, 0) is 25.9 Å². The van der Waals surface area contributed by atoms with Crippen LogP contribution in [0.2, 0.25) is 0 Å². The van der Waals surface area contributed by atoms with Gasteiger partial charge < -0.3 is 14.3 Å². The number of nitrogens with zero attached hydrogens (tertiary/aromatic N) is 6. The number of hydrogen-bond acceptors (Lipinski definition) is 5. The lowest BCUT2D eigenvalue weighted by Gasteiger charge is -2.24. The van der Waals surface area contributed by atoms with Gasteiger partial charge in [-0.25, -0.2) is 19.2 Å². The van der Waals surface area contributed by atoms with Gasteiger partial charge in [-0.15, -0.1) is 0 Å². The number of imidazole rings is 3. The molecule has 3 aromatic carbocycles. The molecule has 5 heterocycles. The molecule has 0 atom stereocenters. The molecule has 1 saturated heterocycles. The van der Waals surface area contributed by atoms with E-state index < -0.39 is 5.82 Å². The van der Waals surface area contributed by atoms with E-state index in [2.05, 4.69) is 16.0 Å². The van der Waals surface area contributed by atoms with Crippen LogP contribution in [0.3, 0.4) is 0 Å². The summed E-state index contributed by atoms with van der Waals surface area (Å²) in [5, 5.41) is 0.801. The van der Waals surface area contributed by atoms with Crippen LogP contribution in [0, 0.1) is 5.82 Å². The Kier molecular flexibility index (Phi) is 6.14. The molecule has 4 aromatic heterocycles. The lowest BCUT2D eigenvalue weighted by atomic mass is 9.90.